The molecule has 0 saturated carbocycles. The van der Waals surface area contributed by atoms with Gasteiger partial charge in [0.05, 0.1) is 10.3 Å². The predicted molar refractivity (Wildman–Crippen MR) is 107 cm³/mol. The van der Waals surface area contributed by atoms with Crippen LogP contribution < -0.4 is 0 Å². The summed E-state index contributed by atoms with van der Waals surface area (Å²) in [6, 6.07) is 11.8. The Morgan fingerprint density at radius 1 is 1.00 bits per heavy atom. The molecule has 1 fully saturated rings. The van der Waals surface area contributed by atoms with E-state index < -0.39 is 0 Å². The van der Waals surface area contributed by atoms with Gasteiger partial charge in [0.1, 0.15) is 0 Å². The molecular formula is C18H18BrClN4OS. The van der Waals surface area contributed by atoms with Crippen LogP contribution in [0, 0.1) is 0 Å². The summed E-state index contributed by atoms with van der Waals surface area (Å²) < 4.78 is 6.62. The normalized spacial score (nSPS) is 16.2. The van der Waals surface area contributed by atoms with Crippen LogP contribution in [0.4, 0.5) is 0 Å². The van der Waals surface area contributed by atoms with Crippen molar-refractivity contribution in [3.63, 3.8) is 0 Å². The van der Waals surface area contributed by atoms with Gasteiger partial charge >= 0.3 is 0 Å². The van der Waals surface area contributed by atoms with Gasteiger partial charge in [0.2, 0.25) is 11.7 Å². The first-order valence-electron chi connectivity index (χ1n) is 8.43. The summed E-state index contributed by atoms with van der Waals surface area (Å²) in [6.07, 6.45) is 0. The minimum absolute atomic E-state index is 0.610. The fourth-order valence-electron chi connectivity index (χ4n) is 2.99. The molecule has 0 aliphatic carbocycles. The van der Waals surface area contributed by atoms with Crippen LogP contribution in [-0.4, -0.2) is 46.1 Å². The van der Waals surface area contributed by atoms with E-state index in [4.69, 9.17) is 16.1 Å². The Morgan fingerprint density at radius 3 is 2.35 bits per heavy atom. The Balaban J connectivity index is 1.30. The van der Waals surface area contributed by atoms with Gasteiger partial charge in [-0.1, -0.05) is 16.8 Å². The summed E-state index contributed by atoms with van der Waals surface area (Å²) in [5, 5.41) is 4.78. The smallest absolute Gasteiger partial charge is 0.241 e. The molecule has 2 aromatic heterocycles. The van der Waals surface area contributed by atoms with Gasteiger partial charge in [-0.25, -0.2) is 0 Å². The van der Waals surface area contributed by atoms with Crippen molar-refractivity contribution in [2.24, 2.45) is 0 Å². The number of piperazine rings is 1. The molecule has 0 amide bonds. The molecular weight excluding hydrogens is 436 g/mol. The molecule has 1 saturated heterocycles. The fraction of sp³-hybridized carbons (Fsp3) is 0.333. The number of rotatable bonds is 5. The Bertz CT molecular complexity index is 858. The van der Waals surface area contributed by atoms with Crippen LogP contribution in [-0.2, 0) is 13.1 Å². The highest BCUT2D eigenvalue weighted by Crippen LogP contribution is 2.24. The third-order valence-corrected chi connectivity index (χ3v) is 6.26. The number of nitrogens with zero attached hydrogens (tertiary/aromatic N) is 4. The molecule has 0 N–H and O–H groups in total. The molecule has 3 aromatic rings. The Morgan fingerprint density at radius 2 is 1.69 bits per heavy atom. The Labute approximate surface area is 169 Å². The van der Waals surface area contributed by atoms with Crippen molar-refractivity contribution in [2.45, 2.75) is 13.1 Å². The lowest BCUT2D eigenvalue weighted by Gasteiger charge is -2.33. The van der Waals surface area contributed by atoms with E-state index in [0.717, 1.165) is 38.3 Å². The molecule has 0 bridgehead atoms. The number of hydrogen-bond donors (Lipinski definition) is 0. The molecule has 1 aromatic carbocycles. The zero-order valence-electron chi connectivity index (χ0n) is 14.1. The predicted octanol–water partition coefficient (Wildman–Crippen LogP) is 4.53. The van der Waals surface area contributed by atoms with Crippen LogP contribution in [0.25, 0.3) is 11.4 Å². The van der Waals surface area contributed by atoms with Crippen LogP contribution in [0.3, 0.4) is 0 Å². The van der Waals surface area contributed by atoms with Crippen LogP contribution in [0.1, 0.15) is 10.8 Å². The number of aromatic nitrogens is 2. The lowest BCUT2D eigenvalue weighted by atomic mass is 10.2. The third-order valence-electron chi connectivity index (χ3n) is 4.40. The third kappa shape index (κ3) is 4.53. The van der Waals surface area contributed by atoms with Crippen LogP contribution in [0.2, 0.25) is 5.02 Å². The van der Waals surface area contributed by atoms with E-state index >= 15 is 0 Å². The largest absolute Gasteiger partial charge is 0.338 e. The van der Waals surface area contributed by atoms with Crippen LogP contribution in [0.5, 0.6) is 0 Å². The fourth-order valence-corrected chi connectivity index (χ4v) is 4.64. The monoisotopic (exact) mass is 452 g/mol. The van der Waals surface area contributed by atoms with Gasteiger partial charge in [-0.2, -0.15) is 4.98 Å². The quantitative estimate of drug-likeness (QED) is 0.568. The summed E-state index contributed by atoms with van der Waals surface area (Å²) in [7, 11) is 0. The minimum Gasteiger partial charge on any atom is -0.338 e. The molecule has 1 aliphatic rings. The first-order chi connectivity index (χ1) is 12.7. The van der Waals surface area contributed by atoms with Crippen molar-refractivity contribution in [1.29, 1.82) is 0 Å². The minimum atomic E-state index is 0.610. The number of halogens is 2. The van der Waals surface area contributed by atoms with E-state index in [2.05, 4.69) is 48.0 Å². The maximum absolute atomic E-state index is 5.92. The van der Waals surface area contributed by atoms with E-state index in [1.165, 1.54) is 8.66 Å². The van der Waals surface area contributed by atoms with Crippen LogP contribution >= 0.6 is 38.9 Å². The van der Waals surface area contributed by atoms with Crippen molar-refractivity contribution in [3.8, 4) is 11.4 Å². The van der Waals surface area contributed by atoms with Crippen LogP contribution in [0.15, 0.2) is 44.7 Å². The highest BCUT2D eigenvalue weighted by Gasteiger charge is 2.20. The van der Waals surface area contributed by atoms with Gasteiger partial charge in [-0.3, -0.25) is 9.80 Å². The topological polar surface area (TPSA) is 45.4 Å². The van der Waals surface area contributed by atoms with Gasteiger partial charge in [-0.15, -0.1) is 11.3 Å². The highest BCUT2D eigenvalue weighted by molar-refractivity contribution is 9.11. The molecule has 1 aliphatic heterocycles. The summed E-state index contributed by atoms with van der Waals surface area (Å²) in [5.74, 6) is 1.27. The zero-order valence-corrected chi connectivity index (χ0v) is 17.2. The van der Waals surface area contributed by atoms with Crippen molar-refractivity contribution in [1.82, 2.24) is 19.9 Å². The second kappa shape index (κ2) is 8.19. The van der Waals surface area contributed by atoms with Crippen molar-refractivity contribution in [2.75, 3.05) is 26.2 Å². The van der Waals surface area contributed by atoms with Crippen molar-refractivity contribution >= 4 is 38.9 Å². The second-order valence-electron chi connectivity index (χ2n) is 6.28. The Kier molecular flexibility index (Phi) is 5.71. The molecule has 8 heteroatoms. The maximum Gasteiger partial charge on any atom is 0.241 e. The zero-order chi connectivity index (χ0) is 17.9. The molecule has 5 nitrogen and oxygen atoms in total. The molecule has 0 radical (unpaired) electrons. The van der Waals surface area contributed by atoms with Crippen molar-refractivity contribution < 1.29 is 4.52 Å². The van der Waals surface area contributed by atoms with Gasteiger partial charge < -0.3 is 4.52 Å². The molecule has 0 unspecified atom stereocenters. The molecule has 136 valence electrons. The van der Waals surface area contributed by atoms with Crippen molar-refractivity contribution in [3.05, 3.63) is 56.0 Å². The van der Waals surface area contributed by atoms with Gasteiger partial charge in [0.25, 0.3) is 0 Å². The molecule has 4 rings (SSSR count). The maximum atomic E-state index is 5.92. The molecule has 0 spiro atoms. The average Bonchev–Trinajstić information content (AvgIpc) is 3.26. The lowest BCUT2D eigenvalue weighted by molar-refractivity contribution is 0.113. The SMILES string of the molecule is Clc1ccc(-c2noc(CN3CCN(Cc4ccc(Br)s4)CC3)n2)cc1. The van der Waals surface area contributed by atoms with E-state index in [9.17, 15) is 0 Å². The highest BCUT2D eigenvalue weighted by atomic mass is 79.9. The lowest BCUT2D eigenvalue weighted by Crippen LogP contribution is -2.45. The standard InChI is InChI=1S/C18H18BrClN4OS/c19-16-6-5-15(26-16)11-23-7-9-24(10-8-23)12-17-21-18(22-25-17)13-1-3-14(20)4-2-13/h1-6H,7-12H2. The summed E-state index contributed by atoms with van der Waals surface area (Å²) in [6.45, 7) is 5.82. The summed E-state index contributed by atoms with van der Waals surface area (Å²) in [5.41, 5.74) is 0.913. The van der Waals surface area contributed by atoms with Gasteiger partial charge in [-0.05, 0) is 52.3 Å². The van der Waals surface area contributed by atoms with Gasteiger partial charge in [0, 0.05) is 48.2 Å². The first-order valence-corrected chi connectivity index (χ1v) is 10.4. The first kappa shape index (κ1) is 18.1. The van der Waals surface area contributed by atoms with E-state index in [1.54, 1.807) is 11.3 Å². The second-order valence-corrected chi connectivity index (χ2v) is 9.26. The molecule has 26 heavy (non-hydrogen) atoms. The average molecular weight is 454 g/mol. The van der Waals surface area contributed by atoms with Gasteiger partial charge in [0.15, 0.2) is 0 Å². The van der Waals surface area contributed by atoms with E-state index in [-0.39, 0.29) is 0 Å². The summed E-state index contributed by atoms with van der Waals surface area (Å²) >= 11 is 11.3. The van der Waals surface area contributed by atoms with E-state index in [1.807, 2.05) is 24.3 Å². The number of thiophene rings is 1. The summed E-state index contributed by atoms with van der Waals surface area (Å²) in [4.78, 5) is 10.8. The molecule has 0 atom stereocenters. The number of benzene rings is 1. The van der Waals surface area contributed by atoms with E-state index in [0.29, 0.717) is 23.3 Å². The molecule has 3 heterocycles. The number of hydrogen-bond acceptors (Lipinski definition) is 6. The Hall–Kier alpha value is -1.25.